The summed E-state index contributed by atoms with van der Waals surface area (Å²) in [5.41, 5.74) is 6.33. The topological polar surface area (TPSA) is 77.2 Å². The molecule has 1 amide bonds. The van der Waals surface area contributed by atoms with Gasteiger partial charge < -0.3 is 15.8 Å². The lowest BCUT2D eigenvalue weighted by Gasteiger charge is -2.13. The number of hydrogen-bond donors (Lipinski definition) is 2. The van der Waals surface area contributed by atoms with Crippen molar-refractivity contribution in [3.63, 3.8) is 0 Å². The van der Waals surface area contributed by atoms with Crippen molar-refractivity contribution < 1.29 is 9.53 Å². The fourth-order valence-corrected chi connectivity index (χ4v) is 1.88. The highest BCUT2D eigenvalue weighted by molar-refractivity contribution is 5.95. The maximum atomic E-state index is 12.0. The van der Waals surface area contributed by atoms with Gasteiger partial charge in [0.25, 0.3) is 0 Å². The van der Waals surface area contributed by atoms with Gasteiger partial charge in [-0.3, -0.25) is 4.79 Å². The van der Waals surface area contributed by atoms with Gasteiger partial charge in [-0.25, -0.2) is 4.98 Å². The number of nitrogens with one attached hydrogen (secondary N) is 1. The highest BCUT2D eigenvalue weighted by Gasteiger charge is 2.23. The Bertz CT molecular complexity index is 459. The second-order valence-electron chi connectivity index (χ2n) is 4.17. The van der Waals surface area contributed by atoms with Crippen molar-refractivity contribution in [2.24, 2.45) is 11.7 Å². The van der Waals surface area contributed by atoms with E-state index in [1.54, 1.807) is 18.3 Å². The Morgan fingerprint density at radius 3 is 3.11 bits per heavy atom. The Balaban J connectivity index is 2.05. The van der Waals surface area contributed by atoms with Crippen LogP contribution in [0.5, 0.6) is 5.88 Å². The Morgan fingerprint density at radius 1 is 1.61 bits per heavy atom. The standard InChI is InChI=1S/C13H17N3O2/c1-2-18-13-11(4-3-7-15-13)16-12(17)9-5-6-10(14)8-9/h3-7,9-10H,2,8,14H2,1H3,(H,16,17). The van der Waals surface area contributed by atoms with E-state index in [-0.39, 0.29) is 17.9 Å². The average molecular weight is 247 g/mol. The minimum absolute atomic E-state index is 0.0268. The van der Waals surface area contributed by atoms with Crippen LogP contribution in [-0.4, -0.2) is 23.5 Å². The van der Waals surface area contributed by atoms with Gasteiger partial charge in [0.05, 0.1) is 12.5 Å². The summed E-state index contributed by atoms with van der Waals surface area (Å²) in [5.74, 6) is 0.197. The largest absolute Gasteiger partial charge is 0.476 e. The van der Waals surface area contributed by atoms with Crippen LogP contribution in [0.25, 0.3) is 0 Å². The summed E-state index contributed by atoms with van der Waals surface area (Å²) in [6.45, 7) is 2.38. The monoisotopic (exact) mass is 247 g/mol. The van der Waals surface area contributed by atoms with Crippen LogP contribution >= 0.6 is 0 Å². The molecular formula is C13H17N3O2. The summed E-state index contributed by atoms with van der Waals surface area (Å²) < 4.78 is 5.35. The van der Waals surface area contributed by atoms with Crippen LogP contribution in [0.4, 0.5) is 5.69 Å². The summed E-state index contributed by atoms with van der Waals surface area (Å²) in [5, 5.41) is 2.82. The molecule has 1 aromatic rings. The average Bonchev–Trinajstić information content (AvgIpc) is 2.79. The smallest absolute Gasteiger partial charge is 0.237 e. The van der Waals surface area contributed by atoms with Gasteiger partial charge in [-0.1, -0.05) is 12.2 Å². The molecule has 0 spiro atoms. The number of amides is 1. The van der Waals surface area contributed by atoms with Gasteiger partial charge >= 0.3 is 0 Å². The van der Waals surface area contributed by atoms with Crippen LogP contribution < -0.4 is 15.8 Å². The van der Waals surface area contributed by atoms with Gasteiger partial charge in [-0.2, -0.15) is 0 Å². The molecule has 5 heteroatoms. The highest BCUT2D eigenvalue weighted by atomic mass is 16.5. The van der Waals surface area contributed by atoms with Crippen molar-refractivity contribution in [1.82, 2.24) is 4.98 Å². The van der Waals surface area contributed by atoms with Crippen LogP contribution in [0.3, 0.4) is 0 Å². The summed E-state index contributed by atoms with van der Waals surface area (Å²) in [7, 11) is 0. The Hall–Kier alpha value is -1.88. The fraction of sp³-hybridized carbons (Fsp3) is 0.385. The van der Waals surface area contributed by atoms with E-state index in [4.69, 9.17) is 10.5 Å². The molecular weight excluding hydrogens is 230 g/mol. The van der Waals surface area contributed by atoms with Gasteiger partial charge in [0.15, 0.2) is 0 Å². The van der Waals surface area contributed by atoms with Crippen molar-refractivity contribution in [2.75, 3.05) is 11.9 Å². The van der Waals surface area contributed by atoms with E-state index in [0.29, 0.717) is 24.6 Å². The van der Waals surface area contributed by atoms with E-state index in [1.165, 1.54) is 0 Å². The number of rotatable bonds is 4. The molecule has 1 aliphatic rings. The van der Waals surface area contributed by atoms with Crippen LogP contribution in [-0.2, 0) is 4.79 Å². The van der Waals surface area contributed by atoms with Gasteiger partial charge in [-0.15, -0.1) is 0 Å². The number of pyridine rings is 1. The first kappa shape index (κ1) is 12.6. The zero-order valence-corrected chi connectivity index (χ0v) is 10.3. The molecule has 0 aromatic carbocycles. The van der Waals surface area contributed by atoms with Gasteiger partial charge in [0, 0.05) is 12.2 Å². The molecule has 0 radical (unpaired) electrons. The third-order valence-corrected chi connectivity index (χ3v) is 2.76. The minimum Gasteiger partial charge on any atom is -0.476 e. The lowest BCUT2D eigenvalue weighted by molar-refractivity contribution is -0.118. The summed E-state index contributed by atoms with van der Waals surface area (Å²) in [6, 6.07) is 3.50. The molecule has 1 heterocycles. The van der Waals surface area contributed by atoms with Crippen molar-refractivity contribution in [3.05, 3.63) is 30.5 Å². The Kier molecular flexibility index (Phi) is 3.94. The van der Waals surface area contributed by atoms with Gasteiger partial charge in [-0.05, 0) is 25.5 Å². The number of carbonyl (C=O) groups excluding carboxylic acids is 1. The molecule has 0 bridgehead atoms. The predicted octanol–water partition coefficient (Wildman–Crippen LogP) is 1.32. The van der Waals surface area contributed by atoms with Crippen molar-refractivity contribution in [3.8, 4) is 5.88 Å². The van der Waals surface area contributed by atoms with Crippen LogP contribution in [0, 0.1) is 5.92 Å². The number of nitrogens with two attached hydrogens (primary N) is 1. The highest BCUT2D eigenvalue weighted by Crippen LogP contribution is 2.23. The second-order valence-corrected chi connectivity index (χ2v) is 4.17. The third kappa shape index (κ3) is 2.87. The quantitative estimate of drug-likeness (QED) is 0.787. The molecule has 1 aromatic heterocycles. The Labute approximate surface area is 106 Å². The number of anilines is 1. The molecule has 0 aliphatic heterocycles. The van der Waals surface area contributed by atoms with Crippen molar-refractivity contribution in [2.45, 2.75) is 19.4 Å². The molecule has 5 nitrogen and oxygen atoms in total. The summed E-state index contributed by atoms with van der Waals surface area (Å²) in [6.07, 6.45) is 5.98. The predicted molar refractivity (Wildman–Crippen MR) is 69.3 cm³/mol. The number of aromatic nitrogens is 1. The fourth-order valence-electron chi connectivity index (χ4n) is 1.88. The van der Waals surface area contributed by atoms with E-state index in [0.717, 1.165) is 0 Å². The molecule has 1 aliphatic carbocycles. The van der Waals surface area contributed by atoms with Crippen LogP contribution in [0.2, 0.25) is 0 Å². The summed E-state index contributed by atoms with van der Waals surface area (Å²) >= 11 is 0. The second kappa shape index (κ2) is 5.64. The van der Waals surface area contributed by atoms with E-state index in [1.807, 2.05) is 19.1 Å². The lowest BCUT2D eigenvalue weighted by Crippen LogP contribution is -2.24. The summed E-state index contributed by atoms with van der Waals surface area (Å²) in [4.78, 5) is 16.1. The molecule has 3 N–H and O–H groups in total. The third-order valence-electron chi connectivity index (χ3n) is 2.76. The molecule has 0 saturated carbocycles. The number of hydrogen-bond acceptors (Lipinski definition) is 4. The zero-order chi connectivity index (χ0) is 13.0. The molecule has 2 unspecified atom stereocenters. The number of ether oxygens (including phenoxy) is 1. The number of carbonyl (C=O) groups is 1. The van der Waals surface area contributed by atoms with Gasteiger partial charge in [0.2, 0.25) is 11.8 Å². The number of nitrogens with zero attached hydrogens (tertiary/aromatic N) is 1. The Morgan fingerprint density at radius 2 is 2.44 bits per heavy atom. The van der Waals surface area contributed by atoms with E-state index < -0.39 is 0 Å². The van der Waals surface area contributed by atoms with Crippen LogP contribution in [0.15, 0.2) is 30.5 Å². The lowest BCUT2D eigenvalue weighted by atomic mass is 10.1. The molecule has 2 rings (SSSR count). The van der Waals surface area contributed by atoms with Crippen LogP contribution in [0.1, 0.15) is 13.3 Å². The first-order chi connectivity index (χ1) is 8.70. The van der Waals surface area contributed by atoms with Crippen molar-refractivity contribution in [1.29, 1.82) is 0 Å². The van der Waals surface area contributed by atoms with E-state index in [2.05, 4.69) is 10.3 Å². The molecule has 0 fully saturated rings. The first-order valence-electron chi connectivity index (χ1n) is 6.03. The maximum absolute atomic E-state index is 12.0. The zero-order valence-electron chi connectivity index (χ0n) is 10.3. The van der Waals surface area contributed by atoms with E-state index in [9.17, 15) is 4.79 Å². The molecule has 0 saturated heterocycles. The SMILES string of the molecule is CCOc1ncccc1NC(=O)C1C=CC(N)C1. The normalized spacial score (nSPS) is 21.9. The van der Waals surface area contributed by atoms with Crippen molar-refractivity contribution >= 4 is 11.6 Å². The first-order valence-corrected chi connectivity index (χ1v) is 6.03. The van der Waals surface area contributed by atoms with E-state index >= 15 is 0 Å². The molecule has 18 heavy (non-hydrogen) atoms. The molecule has 96 valence electrons. The maximum Gasteiger partial charge on any atom is 0.237 e. The minimum atomic E-state index is -0.172. The van der Waals surface area contributed by atoms with Gasteiger partial charge in [0.1, 0.15) is 5.69 Å². The molecule has 2 atom stereocenters.